The Hall–Kier alpha value is -0.770. The van der Waals surface area contributed by atoms with E-state index in [4.69, 9.17) is 23.2 Å². The minimum atomic E-state index is -0.384. The van der Waals surface area contributed by atoms with Gasteiger partial charge < -0.3 is 10.0 Å². The molecule has 1 amide bonds. The summed E-state index contributed by atoms with van der Waals surface area (Å²) in [5.74, 6) is 0.0751. The molecule has 1 N–H and O–H groups in total. The Morgan fingerprint density at radius 1 is 1.39 bits per heavy atom. The Morgan fingerprint density at radius 2 is 2.00 bits per heavy atom. The molecular formula is C13H15Cl2NO2. The molecule has 0 saturated carbocycles. The topological polar surface area (TPSA) is 40.5 Å². The van der Waals surface area contributed by atoms with Crippen LogP contribution in [0.25, 0.3) is 0 Å². The number of aliphatic hydroxyl groups excluding tert-OH is 1. The molecule has 3 nitrogen and oxygen atoms in total. The van der Waals surface area contributed by atoms with Crippen LogP contribution in [0.1, 0.15) is 23.7 Å². The average Bonchev–Trinajstić information content (AvgIpc) is 2.75. The number of likely N-dealkylation sites (tertiary alicyclic amines) is 1. The van der Waals surface area contributed by atoms with Crippen molar-refractivity contribution in [2.75, 3.05) is 13.1 Å². The second-order valence-electron chi connectivity index (χ2n) is 4.70. The number of rotatable bonds is 2. The maximum Gasteiger partial charge on any atom is 0.253 e. The molecule has 0 bridgehead atoms. The Kier molecular flexibility index (Phi) is 4.15. The monoisotopic (exact) mass is 287 g/mol. The van der Waals surface area contributed by atoms with Crippen LogP contribution in [-0.4, -0.2) is 35.1 Å². The normalized spacial score (nSPS) is 21.1. The van der Waals surface area contributed by atoms with Crippen molar-refractivity contribution < 1.29 is 9.90 Å². The first-order valence-corrected chi connectivity index (χ1v) is 6.66. The summed E-state index contributed by atoms with van der Waals surface area (Å²) in [7, 11) is 0. The van der Waals surface area contributed by atoms with Gasteiger partial charge in [0.05, 0.1) is 6.10 Å². The van der Waals surface area contributed by atoms with Crippen molar-refractivity contribution >= 4 is 29.1 Å². The smallest absolute Gasteiger partial charge is 0.253 e. The van der Waals surface area contributed by atoms with Crippen molar-refractivity contribution in [2.45, 2.75) is 19.4 Å². The van der Waals surface area contributed by atoms with Crippen LogP contribution in [0.15, 0.2) is 18.2 Å². The van der Waals surface area contributed by atoms with Crippen LogP contribution in [0.2, 0.25) is 10.0 Å². The van der Waals surface area contributed by atoms with Gasteiger partial charge >= 0.3 is 0 Å². The summed E-state index contributed by atoms with van der Waals surface area (Å²) < 4.78 is 0. The number of hydrogen-bond donors (Lipinski definition) is 1. The van der Waals surface area contributed by atoms with Crippen LogP contribution in [0.3, 0.4) is 0 Å². The highest BCUT2D eigenvalue weighted by molar-refractivity contribution is 6.35. The Labute approximate surface area is 116 Å². The quantitative estimate of drug-likeness (QED) is 0.909. The van der Waals surface area contributed by atoms with Gasteiger partial charge in [0.15, 0.2) is 0 Å². The van der Waals surface area contributed by atoms with Gasteiger partial charge in [-0.2, -0.15) is 0 Å². The predicted octanol–water partition coefficient (Wildman–Crippen LogP) is 2.84. The van der Waals surface area contributed by atoms with Gasteiger partial charge in [-0.15, -0.1) is 0 Å². The van der Waals surface area contributed by atoms with Gasteiger partial charge in [0.1, 0.15) is 0 Å². The Balaban J connectivity index is 2.12. The fourth-order valence-corrected chi connectivity index (χ4v) is 2.75. The van der Waals surface area contributed by atoms with Crippen LogP contribution in [0, 0.1) is 5.92 Å². The molecule has 2 unspecified atom stereocenters. The molecule has 0 spiro atoms. The van der Waals surface area contributed by atoms with Crippen LogP contribution in [0.4, 0.5) is 0 Å². The van der Waals surface area contributed by atoms with Crippen molar-refractivity contribution in [3.8, 4) is 0 Å². The Morgan fingerprint density at radius 3 is 2.50 bits per heavy atom. The number of amides is 1. The van der Waals surface area contributed by atoms with E-state index in [0.717, 1.165) is 6.42 Å². The van der Waals surface area contributed by atoms with Crippen LogP contribution >= 0.6 is 23.2 Å². The largest absolute Gasteiger partial charge is 0.393 e. The highest BCUT2D eigenvalue weighted by Gasteiger charge is 2.29. The number of aliphatic hydroxyl groups is 1. The molecule has 0 aliphatic carbocycles. The van der Waals surface area contributed by atoms with E-state index in [-0.39, 0.29) is 17.9 Å². The molecule has 2 atom stereocenters. The molecule has 0 radical (unpaired) electrons. The third kappa shape index (κ3) is 2.97. The van der Waals surface area contributed by atoms with Crippen molar-refractivity contribution in [1.29, 1.82) is 0 Å². The highest BCUT2D eigenvalue weighted by atomic mass is 35.5. The van der Waals surface area contributed by atoms with E-state index < -0.39 is 0 Å². The first-order valence-electron chi connectivity index (χ1n) is 5.91. The lowest BCUT2D eigenvalue weighted by molar-refractivity contribution is 0.0762. The molecule has 18 heavy (non-hydrogen) atoms. The van der Waals surface area contributed by atoms with E-state index in [2.05, 4.69) is 0 Å². The molecule has 98 valence electrons. The number of hydrogen-bond acceptors (Lipinski definition) is 2. The van der Waals surface area contributed by atoms with Crippen molar-refractivity contribution in [3.63, 3.8) is 0 Å². The summed E-state index contributed by atoms with van der Waals surface area (Å²) in [4.78, 5) is 14.0. The number of carbonyl (C=O) groups excluding carboxylic acids is 1. The zero-order valence-corrected chi connectivity index (χ0v) is 11.6. The van der Waals surface area contributed by atoms with E-state index in [1.807, 2.05) is 0 Å². The molecule has 1 heterocycles. The van der Waals surface area contributed by atoms with E-state index in [9.17, 15) is 9.90 Å². The van der Waals surface area contributed by atoms with E-state index in [1.54, 1.807) is 30.0 Å². The molecule has 1 aliphatic heterocycles. The fraction of sp³-hybridized carbons (Fsp3) is 0.462. The summed E-state index contributed by atoms with van der Waals surface area (Å²) in [5, 5.41) is 10.4. The molecule has 1 aromatic rings. The number of benzene rings is 1. The van der Waals surface area contributed by atoms with E-state index in [0.29, 0.717) is 28.7 Å². The third-order valence-electron chi connectivity index (χ3n) is 3.30. The molecule has 1 aliphatic rings. The molecule has 5 heteroatoms. The molecule has 0 aromatic heterocycles. The first-order chi connectivity index (χ1) is 8.47. The van der Waals surface area contributed by atoms with Gasteiger partial charge in [-0.1, -0.05) is 23.2 Å². The number of halogens is 2. The summed E-state index contributed by atoms with van der Waals surface area (Å²) in [6.07, 6.45) is 0.447. The molecule has 2 rings (SSSR count). The minimum absolute atomic E-state index is 0.0810. The van der Waals surface area contributed by atoms with Crippen molar-refractivity contribution in [3.05, 3.63) is 33.8 Å². The van der Waals surface area contributed by atoms with Gasteiger partial charge in [-0.25, -0.2) is 0 Å². The van der Waals surface area contributed by atoms with Crippen molar-refractivity contribution in [2.24, 2.45) is 5.92 Å². The average molecular weight is 288 g/mol. The number of nitrogens with zero attached hydrogens (tertiary/aromatic N) is 1. The van der Waals surface area contributed by atoms with Gasteiger partial charge in [0, 0.05) is 34.6 Å². The van der Waals surface area contributed by atoms with Crippen LogP contribution in [-0.2, 0) is 0 Å². The summed E-state index contributed by atoms with van der Waals surface area (Å²) in [5.41, 5.74) is 0.499. The summed E-state index contributed by atoms with van der Waals surface area (Å²) in [6.45, 7) is 3.01. The Bertz CT molecular complexity index is 442. The standard InChI is InChI=1S/C13H15Cl2NO2/c1-8(17)9-2-3-16(7-9)13(18)10-4-11(14)6-12(15)5-10/h4-6,8-9,17H,2-3,7H2,1H3. The van der Waals surface area contributed by atoms with Gasteiger partial charge in [0.2, 0.25) is 0 Å². The lowest BCUT2D eigenvalue weighted by atomic mass is 10.0. The zero-order chi connectivity index (χ0) is 13.3. The second kappa shape index (κ2) is 5.47. The second-order valence-corrected chi connectivity index (χ2v) is 5.57. The molecular weight excluding hydrogens is 273 g/mol. The molecule has 1 aromatic carbocycles. The van der Waals surface area contributed by atoms with Gasteiger partial charge in [0.25, 0.3) is 5.91 Å². The maximum atomic E-state index is 12.2. The minimum Gasteiger partial charge on any atom is -0.393 e. The van der Waals surface area contributed by atoms with Gasteiger partial charge in [-0.05, 0) is 31.5 Å². The van der Waals surface area contributed by atoms with Crippen LogP contribution in [0.5, 0.6) is 0 Å². The molecule has 1 saturated heterocycles. The summed E-state index contributed by atoms with van der Waals surface area (Å²) in [6, 6.07) is 4.83. The summed E-state index contributed by atoms with van der Waals surface area (Å²) >= 11 is 11.8. The van der Waals surface area contributed by atoms with Gasteiger partial charge in [-0.3, -0.25) is 4.79 Å². The number of carbonyl (C=O) groups is 1. The highest BCUT2D eigenvalue weighted by Crippen LogP contribution is 2.24. The fourth-order valence-electron chi connectivity index (χ4n) is 2.23. The van der Waals surface area contributed by atoms with E-state index in [1.165, 1.54) is 0 Å². The van der Waals surface area contributed by atoms with E-state index >= 15 is 0 Å². The lowest BCUT2D eigenvalue weighted by Crippen LogP contribution is -2.30. The SMILES string of the molecule is CC(O)C1CCN(C(=O)c2cc(Cl)cc(Cl)c2)C1. The predicted molar refractivity (Wildman–Crippen MR) is 72.2 cm³/mol. The van der Waals surface area contributed by atoms with Crippen molar-refractivity contribution in [1.82, 2.24) is 4.90 Å². The lowest BCUT2D eigenvalue weighted by Gasteiger charge is -2.18. The van der Waals surface area contributed by atoms with Crippen LogP contribution < -0.4 is 0 Å². The third-order valence-corrected chi connectivity index (χ3v) is 3.74. The zero-order valence-electron chi connectivity index (χ0n) is 10.1. The molecule has 1 fully saturated rings. The maximum absolute atomic E-state index is 12.2. The first kappa shape index (κ1) is 13.7.